The van der Waals surface area contributed by atoms with Crippen molar-refractivity contribution in [3.05, 3.63) is 77.2 Å². The van der Waals surface area contributed by atoms with Crippen LogP contribution < -0.4 is 5.32 Å². The van der Waals surface area contributed by atoms with Gasteiger partial charge in [0, 0.05) is 18.5 Å². The van der Waals surface area contributed by atoms with E-state index >= 15 is 0 Å². The van der Waals surface area contributed by atoms with Gasteiger partial charge in [-0.05, 0) is 35.1 Å². The summed E-state index contributed by atoms with van der Waals surface area (Å²) >= 11 is 0. The molecule has 1 fully saturated rings. The van der Waals surface area contributed by atoms with E-state index in [-0.39, 0.29) is 30.5 Å². The van der Waals surface area contributed by atoms with Crippen LogP contribution in [0.15, 0.2) is 59.1 Å². The van der Waals surface area contributed by atoms with E-state index in [2.05, 4.69) is 22.6 Å². The molecule has 1 atom stereocenters. The zero-order valence-corrected chi connectivity index (χ0v) is 18.3. The van der Waals surface area contributed by atoms with Gasteiger partial charge in [-0.1, -0.05) is 53.7 Å². The number of ether oxygens (including phenoxy) is 1. The quantitative estimate of drug-likeness (QED) is 0.577. The molecule has 2 amide bonds. The number of carboxylic acids is 1. The first kappa shape index (κ1) is 21.7. The lowest BCUT2D eigenvalue weighted by atomic mass is 9.98. The highest BCUT2D eigenvalue weighted by Gasteiger charge is 2.35. The first-order valence-electron chi connectivity index (χ1n) is 11.1. The minimum Gasteiger partial charge on any atom is -0.480 e. The Kier molecular flexibility index (Phi) is 5.75. The van der Waals surface area contributed by atoms with Gasteiger partial charge in [0.1, 0.15) is 12.6 Å². The van der Waals surface area contributed by atoms with E-state index in [4.69, 9.17) is 9.26 Å². The number of hydrogen-bond donors (Lipinski definition) is 2. The minimum atomic E-state index is -1.04. The van der Waals surface area contributed by atoms with Crippen LogP contribution in [0.3, 0.4) is 0 Å². The molecule has 1 aliphatic carbocycles. The molecule has 0 bridgehead atoms. The third-order valence-electron chi connectivity index (χ3n) is 6.33. The van der Waals surface area contributed by atoms with Crippen molar-refractivity contribution in [3.8, 4) is 11.1 Å². The predicted molar refractivity (Wildman–Crippen MR) is 120 cm³/mol. The Labute approximate surface area is 195 Å². The Morgan fingerprint density at radius 3 is 2.44 bits per heavy atom. The number of carboxylic acid groups (broad SMARTS) is 1. The molecule has 0 radical (unpaired) electrons. The number of carbonyl (C=O) groups is 3. The number of alkyl carbamates (subject to hydrolysis) is 1. The van der Waals surface area contributed by atoms with Crippen LogP contribution in [0.5, 0.6) is 0 Å². The number of nitrogens with zero attached hydrogens (tertiary/aromatic N) is 2. The van der Waals surface area contributed by atoms with Gasteiger partial charge in [0.2, 0.25) is 0 Å². The molecule has 2 aromatic carbocycles. The Morgan fingerprint density at radius 2 is 1.76 bits per heavy atom. The fraction of sp³-hybridized carbons (Fsp3) is 0.280. The van der Waals surface area contributed by atoms with E-state index < -0.39 is 24.0 Å². The Hall–Kier alpha value is -4.14. The molecule has 9 nitrogen and oxygen atoms in total. The number of nitrogens with one attached hydrogen (secondary N) is 1. The number of aliphatic carboxylic acids is 1. The topological polar surface area (TPSA) is 122 Å². The minimum absolute atomic E-state index is 0.0116. The summed E-state index contributed by atoms with van der Waals surface area (Å²) in [5, 5.41) is 15.6. The second-order valence-corrected chi connectivity index (χ2v) is 8.35. The van der Waals surface area contributed by atoms with Crippen LogP contribution in [0, 0.1) is 0 Å². The molecule has 1 unspecified atom stereocenters. The van der Waals surface area contributed by atoms with Crippen LogP contribution in [-0.4, -0.2) is 52.3 Å². The number of aromatic nitrogens is 1. The Morgan fingerprint density at radius 1 is 1.09 bits per heavy atom. The van der Waals surface area contributed by atoms with E-state index in [0.29, 0.717) is 19.4 Å². The highest BCUT2D eigenvalue weighted by atomic mass is 16.5. The van der Waals surface area contributed by atoms with Crippen LogP contribution in [-0.2, 0) is 16.1 Å². The number of benzene rings is 2. The molecule has 174 valence electrons. The average Bonchev–Trinajstić information content (AvgIpc) is 3.59. The molecule has 5 rings (SSSR count). The Bertz CT molecular complexity index is 1210. The maximum absolute atomic E-state index is 12.6. The molecule has 9 heteroatoms. The number of fused-ring (bicyclic) bond motifs is 3. The van der Waals surface area contributed by atoms with Crippen LogP contribution in [0.1, 0.15) is 46.1 Å². The summed E-state index contributed by atoms with van der Waals surface area (Å²) < 4.78 is 10.6. The predicted octanol–water partition coefficient (Wildman–Crippen LogP) is 3.40. The number of carbonyl (C=O) groups excluding carboxylic acids is 2. The number of hydrogen-bond acceptors (Lipinski definition) is 6. The molecular formula is C25H23N3O6. The second kappa shape index (κ2) is 9.01. The molecule has 1 saturated heterocycles. The summed E-state index contributed by atoms with van der Waals surface area (Å²) in [4.78, 5) is 37.5. The maximum Gasteiger partial charge on any atom is 0.407 e. The van der Waals surface area contributed by atoms with Crippen LogP contribution in [0.4, 0.5) is 4.79 Å². The summed E-state index contributed by atoms with van der Waals surface area (Å²) in [6.07, 6.45) is 0.419. The fourth-order valence-electron chi connectivity index (χ4n) is 4.72. The van der Waals surface area contributed by atoms with Crippen molar-refractivity contribution in [1.82, 2.24) is 15.4 Å². The molecule has 1 aliphatic heterocycles. The van der Waals surface area contributed by atoms with E-state index in [1.165, 1.54) is 11.0 Å². The van der Waals surface area contributed by atoms with E-state index in [1.807, 2.05) is 36.4 Å². The smallest absolute Gasteiger partial charge is 0.407 e. The van der Waals surface area contributed by atoms with Gasteiger partial charge < -0.3 is 24.6 Å². The highest BCUT2D eigenvalue weighted by molar-refractivity contribution is 5.95. The Balaban J connectivity index is 1.17. The summed E-state index contributed by atoms with van der Waals surface area (Å²) in [6.45, 7) is 0.529. The van der Waals surface area contributed by atoms with E-state index in [0.717, 1.165) is 22.3 Å². The van der Waals surface area contributed by atoms with Crippen molar-refractivity contribution < 1.29 is 28.8 Å². The first-order valence-corrected chi connectivity index (χ1v) is 11.1. The fourth-order valence-corrected chi connectivity index (χ4v) is 4.72. The normalized spacial score (nSPS) is 16.7. The van der Waals surface area contributed by atoms with E-state index in [9.17, 15) is 19.5 Å². The first-order chi connectivity index (χ1) is 16.5. The lowest BCUT2D eigenvalue weighted by molar-refractivity contribution is -0.141. The molecule has 2 aliphatic rings. The van der Waals surface area contributed by atoms with E-state index in [1.54, 1.807) is 0 Å². The summed E-state index contributed by atoms with van der Waals surface area (Å²) in [5.74, 6) is -1.31. The number of likely N-dealkylation sites (tertiary alicyclic amines) is 1. The molecule has 3 aromatic rings. The van der Waals surface area contributed by atoms with Gasteiger partial charge in [-0.15, -0.1) is 0 Å². The van der Waals surface area contributed by atoms with Crippen molar-refractivity contribution in [1.29, 1.82) is 0 Å². The zero-order chi connectivity index (χ0) is 23.7. The second-order valence-electron chi connectivity index (χ2n) is 8.35. The standard InChI is InChI=1S/C25H23N3O6/c29-23(28-11-5-10-22(28)24(30)31)21-12-15(34-27-21)13-26-25(32)33-14-20-18-8-3-1-6-16(18)17-7-2-4-9-19(17)20/h1-4,6-9,12,20,22H,5,10-11,13-14H2,(H,26,32)(H,30,31). The van der Waals surface area contributed by atoms with Crippen molar-refractivity contribution >= 4 is 18.0 Å². The van der Waals surface area contributed by atoms with Crippen molar-refractivity contribution in [2.24, 2.45) is 0 Å². The maximum atomic E-state index is 12.6. The van der Waals surface area contributed by atoms with Gasteiger partial charge in [0.25, 0.3) is 5.91 Å². The van der Waals surface area contributed by atoms with Crippen molar-refractivity contribution in [2.45, 2.75) is 31.3 Å². The summed E-state index contributed by atoms with van der Waals surface area (Å²) in [5.41, 5.74) is 4.55. The van der Waals surface area contributed by atoms with Crippen LogP contribution in [0.2, 0.25) is 0 Å². The highest BCUT2D eigenvalue weighted by Crippen LogP contribution is 2.44. The van der Waals surface area contributed by atoms with Crippen LogP contribution in [0.25, 0.3) is 11.1 Å². The molecule has 34 heavy (non-hydrogen) atoms. The van der Waals surface area contributed by atoms with Gasteiger partial charge in [0.05, 0.1) is 6.54 Å². The lowest BCUT2D eigenvalue weighted by Crippen LogP contribution is -2.40. The third kappa shape index (κ3) is 4.00. The van der Waals surface area contributed by atoms with Gasteiger partial charge in [0.15, 0.2) is 11.5 Å². The van der Waals surface area contributed by atoms with Gasteiger partial charge >= 0.3 is 12.1 Å². The molecule has 2 heterocycles. The lowest BCUT2D eigenvalue weighted by Gasteiger charge is -2.19. The third-order valence-corrected chi connectivity index (χ3v) is 6.33. The largest absolute Gasteiger partial charge is 0.480 e. The average molecular weight is 461 g/mol. The molecule has 2 N–H and O–H groups in total. The molecule has 1 aromatic heterocycles. The van der Waals surface area contributed by atoms with Gasteiger partial charge in [-0.25, -0.2) is 9.59 Å². The van der Waals surface area contributed by atoms with Gasteiger partial charge in [-0.3, -0.25) is 4.79 Å². The van der Waals surface area contributed by atoms with Gasteiger partial charge in [-0.2, -0.15) is 0 Å². The number of amides is 2. The molecule has 0 saturated carbocycles. The van der Waals surface area contributed by atoms with Crippen molar-refractivity contribution in [3.63, 3.8) is 0 Å². The molecule has 0 spiro atoms. The summed E-state index contributed by atoms with van der Waals surface area (Å²) in [7, 11) is 0. The molecular weight excluding hydrogens is 438 g/mol. The van der Waals surface area contributed by atoms with Crippen LogP contribution >= 0.6 is 0 Å². The zero-order valence-electron chi connectivity index (χ0n) is 18.3. The summed E-state index contributed by atoms with van der Waals surface area (Å²) in [6, 6.07) is 16.7. The number of rotatable bonds is 6. The monoisotopic (exact) mass is 461 g/mol. The van der Waals surface area contributed by atoms with Crippen molar-refractivity contribution in [2.75, 3.05) is 13.2 Å². The SMILES string of the molecule is O=C(NCc1cc(C(=O)N2CCCC2C(=O)O)no1)OCC1c2ccccc2-c2ccccc21.